The number of esters is 2. The molecule has 0 fully saturated rings. The fourth-order valence-corrected chi connectivity index (χ4v) is 3.84. The van der Waals surface area contributed by atoms with Gasteiger partial charge in [0.15, 0.2) is 0 Å². The largest absolute Gasteiger partial charge is 0.497 e. The van der Waals surface area contributed by atoms with E-state index in [2.05, 4.69) is 6.92 Å². The van der Waals surface area contributed by atoms with Gasteiger partial charge in [0.25, 0.3) is 0 Å². The molecule has 0 saturated heterocycles. The molecule has 0 aromatic heterocycles. The summed E-state index contributed by atoms with van der Waals surface area (Å²) in [4.78, 5) is 25.2. The van der Waals surface area contributed by atoms with Crippen molar-refractivity contribution in [3.8, 4) is 5.75 Å². The smallest absolute Gasteiger partial charge is 0.339 e. The minimum absolute atomic E-state index is 0.0954. The number of rotatable bonds is 17. The Morgan fingerprint density at radius 1 is 0.676 bits per heavy atom. The topological polar surface area (TPSA) is 61.8 Å². The predicted octanol–water partition coefficient (Wildman–Crippen LogP) is 7.52. The van der Waals surface area contributed by atoms with Crippen molar-refractivity contribution in [2.45, 2.75) is 84.2 Å². The highest BCUT2D eigenvalue weighted by Crippen LogP contribution is 2.17. The minimum atomic E-state index is -0.551. The first-order chi connectivity index (χ1) is 16.7. The van der Waals surface area contributed by atoms with Crippen molar-refractivity contribution in [1.82, 2.24) is 0 Å². The van der Waals surface area contributed by atoms with Gasteiger partial charge in [-0.05, 0) is 36.2 Å². The third-order valence-corrected chi connectivity index (χ3v) is 5.85. The van der Waals surface area contributed by atoms with E-state index in [1.807, 2.05) is 18.2 Å². The normalized spacial score (nSPS) is 10.6. The Bertz CT molecular complexity index is 861. The second-order valence-corrected chi connectivity index (χ2v) is 8.64. The van der Waals surface area contributed by atoms with Crippen molar-refractivity contribution >= 4 is 11.9 Å². The van der Waals surface area contributed by atoms with E-state index in [0.717, 1.165) is 18.4 Å². The predicted molar refractivity (Wildman–Crippen MR) is 135 cm³/mol. The zero-order valence-corrected chi connectivity index (χ0v) is 20.9. The maximum atomic E-state index is 12.6. The Labute approximate surface area is 204 Å². The number of carbonyl (C=O) groups is 2. The second-order valence-electron chi connectivity index (χ2n) is 8.64. The van der Waals surface area contributed by atoms with Crippen molar-refractivity contribution in [2.24, 2.45) is 0 Å². The fraction of sp³-hybridized carbons (Fsp3) is 0.517. The molecule has 0 bridgehead atoms. The van der Waals surface area contributed by atoms with E-state index in [-0.39, 0.29) is 17.7 Å². The monoisotopic (exact) mass is 468 g/mol. The molecule has 34 heavy (non-hydrogen) atoms. The summed E-state index contributed by atoms with van der Waals surface area (Å²) in [6.45, 7) is 2.70. The molecule has 0 aliphatic heterocycles. The van der Waals surface area contributed by atoms with Crippen LogP contribution in [0.4, 0.5) is 0 Å². The molecule has 0 heterocycles. The van der Waals surface area contributed by atoms with Crippen LogP contribution < -0.4 is 4.74 Å². The van der Waals surface area contributed by atoms with Crippen LogP contribution in [0.25, 0.3) is 0 Å². The van der Waals surface area contributed by atoms with Crippen LogP contribution in [0.15, 0.2) is 48.5 Å². The quantitative estimate of drug-likeness (QED) is 0.177. The van der Waals surface area contributed by atoms with Crippen LogP contribution in [0.5, 0.6) is 5.75 Å². The van der Waals surface area contributed by atoms with E-state index >= 15 is 0 Å². The van der Waals surface area contributed by atoms with Crippen molar-refractivity contribution in [3.05, 3.63) is 65.2 Å². The van der Waals surface area contributed by atoms with Gasteiger partial charge in [-0.15, -0.1) is 0 Å². The Balaban J connectivity index is 1.68. The van der Waals surface area contributed by atoms with Crippen molar-refractivity contribution in [3.63, 3.8) is 0 Å². The highest BCUT2D eigenvalue weighted by molar-refractivity contribution is 6.03. The van der Waals surface area contributed by atoms with E-state index in [1.54, 1.807) is 37.4 Å². The summed E-state index contributed by atoms with van der Waals surface area (Å²) in [5, 5.41) is 0. The van der Waals surface area contributed by atoms with Crippen molar-refractivity contribution < 1.29 is 23.8 Å². The molecule has 5 heteroatoms. The Morgan fingerprint density at radius 2 is 1.24 bits per heavy atom. The van der Waals surface area contributed by atoms with Crippen molar-refractivity contribution in [1.29, 1.82) is 0 Å². The molecule has 2 aromatic carbocycles. The molecule has 0 atom stereocenters. The SMILES string of the molecule is CCCCCCCCCCCCCOC(=O)c1ccccc1C(=O)OCc1cccc(OC)c1. The molecule has 0 N–H and O–H groups in total. The van der Waals surface area contributed by atoms with Gasteiger partial charge in [-0.2, -0.15) is 0 Å². The summed E-state index contributed by atoms with van der Waals surface area (Å²) < 4.78 is 16.0. The average Bonchev–Trinajstić information content (AvgIpc) is 2.87. The lowest BCUT2D eigenvalue weighted by Gasteiger charge is -2.10. The third kappa shape index (κ3) is 10.4. The molecule has 2 rings (SSSR count). The summed E-state index contributed by atoms with van der Waals surface area (Å²) in [5.41, 5.74) is 1.26. The number of hydrogen-bond acceptors (Lipinski definition) is 5. The molecule has 186 valence electrons. The van der Waals surface area contributed by atoms with Crippen LogP contribution in [0.1, 0.15) is 104 Å². The molecular weight excluding hydrogens is 428 g/mol. The number of carbonyl (C=O) groups excluding carboxylic acids is 2. The number of ether oxygens (including phenoxy) is 3. The maximum absolute atomic E-state index is 12.6. The standard InChI is InChI=1S/C29H40O5/c1-3-4-5-6-7-8-9-10-11-12-15-21-33-28(30)26-19-13-14-20-27(26)29(31)34-23-24-17-16-18-25(22-24)32-2/h13-14,16-20,22H,3-12,15,21,23H2,1-2H3. The van der Waals surface area contributed by atoms with E-state index < -0.39 is 11.9 Å². The first kappa shape index (κ1) is 27.4. The maximum Gasteiger partial charge on any atom is 0.339 e. The summed E-state index contributed by atoms with van der Waals surface area (Å²) in [6, 6.07) is 13.9. The second kappa shape index (κ2) is 16.7. The van der Waals surface area contributed by atoms with E-state index in [9.17, 15) is 9.59 Å². The van der Waals surface area contributed by atoms with Crippen LogP contribution in [0, 0.1) is 0 Å². The number of unbranched alkanes of at least 4 members (excludes halogenated alkanes) is 10. The third-order valence-electron chi connectivity index (χ3n) is 5.85. The van der Waals surface area contributed by atoms with Crippen molar-refractivity contribution in [2.75, 3.05) is 13.7 Å². The first-order valence-electron chi connectivity index (χ1n) is 12.7. The molecule has 0 aliphatic carbocycles. The van der Waals surface area contributed by atoms with Gasteiger partial charge < -0.3 is 14.2 Å². The highest BCUT2D eigenvalue weighted by Gasteiger charge is 2.19. The highest BCUT2D eigenvalue weighted by atomic mass is 16.5. The van der Waals surface area contributed by atoms with Crippen LogP contribution in [0.2, 0.25) is 0 Å². The Hall–Kier alpha value is -2.82. The zero-order valence-electron chi connectivity index (χ0n) is 20.9. The van der Waals surface area contributed by atoms with Gasteiger partial charge in [-0.1, -0.05) is 95.4 Å². The fourth-order valence-electron chi connectivity index (χ4n) is 3.84. The lowest BCUT2D eigenvalue weighted by atomic mass is 10.1. The van der Waals surface area contributed by atoms with Gasteiger partial charge >= 0.3 is 11.9 Å². The van der Waals surface area contributed by atoms with E-state index in [4.69, 9.17) is 14.2 Å². The molecule has 0 amide bonds. The molecule has 0 unspecified atom stereocenters. The molecule has 0 saturated carbocycles. The summed E-state index contributed by atoms with van der Waals surface area (Å²) in [7, 11) is 1.59. The van der Waals surface area contributed by atoms with E-state index in [1.165, 1.54) is 57.8 Å². The number of benzene rings is 2. The van der Waals surface area contributed by atoms with Gasteiger partial charge in [0, 0.05) is 0 Å². The molecule has 2 aromatic rings. The van der Waals surface area contributed by atoms with Gasteiger partial charge in [0.2, 0.25) is 0 Å². The Kier molecular flexibility index (Phi) is 13.5. The molecule has 0 radical (unpaired) electrons. The number of hydrogen-bond donors (Lipinski definition) is 0. The summed E-state index contributed by atoms with van der Waals surface area (Å²) >= 11 is 0. The lowest BCUT2D eigenvalue weighted by molar-refractivity contribution is 0.0436. The van der Waals surface area contributed by atoms with Gasteiger partial charge in [-0.25, -0.2) is 9.59 Å². The molecule has 0 spiro atoms. The van der Waals surface area contributed by atoms with E-state index in [0.29, 0.717) is 12.4 Å². The molecule has 5 nitrogen and oxygen atoms in total. The average molecular weight is 469 g/mol. The number of methoxy groups -OCH3 is 1. The zero-order chi connectivity index (χ0) is 24.4. The summed E-state index contributed by atoms with van der Waals surface area (Å²) in [6.07, 6.45) is 13.6. The van der Waals surface area contributed by atoms with Crippen LogP contribution in [0.3, 0.4) is 0 Å². The van der Waals surface area contributed by atoms with Gasteiger partial charge in [0.1, 0.15) is 12.4 Å². The summed E-state index contributed by atoms with van der Waals surface area (Å²) in [5.74, 6) is -0.342. The lowest BCUT2D eigenvalue weighted by Crippen LogP contribution is -2.14. The minimum Gasteiger partial charge on any atom is -0.497 e. The van der Waals surface area contributed by atoms with Crippen LogP contribution in [-0.4, -0.2) is 25.7 Å². The van der Waals surface area contributed by atoms with Gasteiger partial charge in [-0.3, -0.25) is 0 Å². The molecular formula is C29H40O5. The van der Waals surface area contributed by atoms with Gasteiger partial charge in [0.05, 0.1) is 24.8 Å². The first-order valence-corrected chi connectivity index (χ1v) is 12.7. The van der Waals surface area contributed by atoms with Crippen LogP contribution >= 0.6 is 0 Å². The Morgan fingerprint density at radius 3 is 1.82 bits per heavy atom. The molecule has 0 aliphatic rings. The van der Waals surface area contributed by atoms with Crippen LogP contribution in [-0.2, 0) is 16.1 Å².